The van der Waals surface area contributed by atoms with Gasteiger partial charge in [-0.3, -0.25) is 4.79 Å². The lowest BCUT2D eigenvalue weighted by Gasteiger charge is -2.35. The van der Waals surface area contributed by atoms with Crippen molar-refractivity contribution in [2.75, 3.05) is 44.7 Å². The Hall–Kier alpha value is -2.41. The molecule has 2 fully saturated rings. The van der Waals surface area contributed by atoms with Crippen LogP contribution in [-0.4, -0.2) is 55.3 Å². The average Bonchev–Trinajstić information content (AvgIpc) is 3.54. The largest absolute Gasteiger partial charge is 0.462 e. The Labute approximate surface area is 169 Å². The minimum atomic E-state index is -0.643. The fourth-order valence-corrected chi connectivity index (χ4v) is 4.26. The second-order valence-electron chi connectivity index (χ2n) is 7.96. The second-order valence-corrected chi connectivity index (χ2v) is 7.96. The van der Waals surface area contributed by atoms with E-state index in [1.165, 1.54) is 6.07 Å². The van der Waals surface area contributed by atoms with E-state index < -0.39 is 11.4 Å². The van der Waals surface area contributed by atoms with Crippen LogP contribution in [0.25, 0.3) is 10.9 Å². The Balaban J connectivity index is 1.96. The summed E-state index contributed by atoms with van der Waals surface area (Å²) in [5.41, 5.74) is 1.76. The molecule has 2 aromatic rings. The molecule has 1 aliphatic heterocycles. The molecular formula is C22H28FN3O3. The van der Waals surface area contributed by atoms with Crippen LogP contribution >= 0.6 is 0 Å². The summed E-state index contributed by atoms with van der Waals surface area (Å²) >= 11 is 0. The topological polar surface area (TPSA) is 54.8 Å². The van der Waals surface area contributed by atoms with Crippen LogP contribution in [0.1, 0.15) is 48.7 Å². The van der Waals surface area contributed by atoms with E-state index in [0.717, 1.165) is 50.1 Å². The molecular weight excluding hydrogens is 373 g/mol. The van der Waals surface area contributed by atoms with Crippen LogP contribution < -0.4 is 10.3 Å². The highest BCUT2D eigenvalue weighted by molar-refractivity contribution is 5.96. The minimum Gasteiger partial charge on any atom is -0.462 e. The average molecular weight is 401 g/mol. The number of rotatable bonds is 5. The number of carbonyl (C=O) groups is 1. The Morgan fingerprint density at radius 3 is 2.48 bits per heavy atom. The van der Waals surface area contributed by atoms with Gasteiger partial charge in [0.25, 0.3) is 0 Å². The number of likely N-dealkylation sites (N-methyl/N-ethyl adjacent to an activating group) is 1. The molecule has 0 atom stereocenters. The first-order valence-electron chi connectivity index (χ1n) is 10.5. The van der Waals surface area contributed by atoms with Crippen molar-refractivity contribution in [1.82, 2.24) is 9.47 Å². The van der Waals surface area contributed by atoms with Gasteiger partial charge in [-0.25, -0.2) is 9.18 Å². The molecule has 0 N–H and O–H groups in total. The van der Waals surface area contributed by atoms with Crippen molar-refractivity contribution in [1.29, 1.82) is 0 Å². The third kappa shape index (κ3) is 3.52. The van der Waals surface area contributed by atoms with E-state index in [1.807, 2.05) is 11.5 Å². The summed E-state index contributed by atoms with van der Waals surface area (Å²) in [5, 5.41) is 0.273. The van der Waals surface area contributed by atoms with Gasteiger partial charge in [-0.2, -0.15) is 0 Å². The summed E-state index contributed by atoms with van der Waals surface area (Å²) in [6.07, 6.45) is 4.22. The predicted molar refractivity (Wildman–Crippen MR) is 111 cm³/mol. The highest BCUT2D eigenvalue weighted by atomic mass is 19.1. The van der Waals surface area contributed by atoms with E-state index in [9.17, 15) is 9.59 Å². The van der Waals surface area contributed by atoms with E-state index >= 15 is 4.39 Å². The molecule has 156 valence electrons. The van der Waals surface area contributed by atoms with E-state index in [1.54, 1.807) is 13.1 Å². The van der Waals surface area contributed by atoms with Gasteiger partial charge in [-0.05, 0) is 39.3 Å². The van der Waals surface area contributed by atoms with E-state index in [2.05, 4.69) is 16.8 Å². The molecule has 0 spiro atoms. The molecule has 29 heavy (non-hydrogen) atoms. The van der Waals surface area contributed by atoms with Crippen LogP contribution in [0, 0.1) is 5.82 Å². The van der Waals surface area contributed by atoms with Crippen molar-refractivity contribution in [3.8, 4) is 0 Å². The van der Waals surface area contributed by atoms with Crippen LogP contribution in [0.2, 0.25) is 0 Å². The first-order chi connectivity index (χ1) is 14.0. The molecule has 6 nitrogen and oxygen atoms in total. The maximum absolute atomic E-state index is 15.3. The number of hydrogen-bond acceptors (Lipinski definition) is 5. The number of aryl methyl sites for hydroxylation is 1. The number of halogens is 1. The molecule has 7 heteroatoms. The van der Waals surface area contributed by atoms with Crippen molar-refractivity contribution in [3.63, 3.8) is 0 Å². The van der Waals surface area contributed by atoms with Gasteiger partial charge in [0.2, 0.25) is 5.43 Å². The van der Waals surface area contributed by atoms with Gasteiger partial charge in [0.05, 0.1) is 17.8 Å². The Kier molecular flexibility index (Phi) is 5.34. The lowest BCUT2D eigenvalue weighted by Crippen LogP contribution is -2.45. The van der Waals surface area contributed by atoms with Crippen molar-refractivity contribution in [2.45, 2.75) is 39.2 Å². The molecule has 2 aliphatic rings. The molecule has 0 bridgehead atoms. The molecule has 1 aromatic carbocycles. The Morgan fingerprint density at radius 1 is 1.21 bits per heavy atom. The Morgan fingerprint density at radius 2 is 1.90 bits per heavy atom. The maximum atomic E-state index is 15.3. The molecule has 0 unspecified atom stereocenters. The van der Waals surface area contributed by atoms with Gasteiger partial charge >= 0.3 is 5.97 Å². The number of fused-ring (bicyclic) bond motifs is 1. The van der Waals surface area contributed by atoms with E-state index in [4.69, 9.17) is 4.74 Å². The van der Waals surface area contributed by atoms with Gasteiger partial charge in [-0.15, -0.1) is 0 Å². The standard InChI is InChI=1S/C22H28FN3O3/c1-4-15-19-16(12-18(23)20(15)25-10-8-24(3)9-11-25)21(27)17(22(28)29-5-2)13-26(19)14-6-7-14/h12-14H,4-11H2,1-3H3. The molecule has 1 aliphatic carbocycles. The number of ether oxygens (including phenoxy) is 1. The minimum absolute atomic E-state index is 0.0138. The number of pyridine rings is 1. The van der Waals surface area contributed by atoms with Crippen LogP contribution in [0.5, 0.6) is 0 Å². The number of benzene rings is 1. The smallest absolute Gasteiger partial charge is 0.343 e. The predicted octanol–water partition coefficient (Wildman–Crippen LogP) is 2.97. The van der Waals surface area contributed by atoms with Gasteiger partial charge in [-0.1, -0.05) is 6.92 Å². The van der Waals surface area contributed by atoms with Crippen LogP contribution in [0.15, 0.2) is 17.1 Å². The van der Waals surface area contributed by atoms with Crippen molar-refractivity contribution < 1.29 is 13.9 Å². The SMILES string of the molecule is CCOC(=O)c1cn(C2CC2)c2c(CC)c(N3CCN(C)CC3)c(F)cc2c1=O. The molecule has 0 amide bonds. The Bertz CT molecular complexity index is 1000. The van der Waals surface area contributed by atoms with Crippen molar-refractivity contribution in [3.05, 3.63) is 39.4 Å². The molecule has 0 radical (unpaired) electrons. The first kappa shape index (κ1) is 19.9. The normalized spacial score (nSPS) is 17.7. The van der Waals surface area contributed by atoms with Gasteiger partial charge in [0, 0.05) is 49.4 Å². The fourth-order valence-electron chi connectivity index (χ4n) is 4.26. The lowest BCUT2D eigenvalue weighted by molar-refractivity contribution is 0.0524. The van der Waals surface area contributed by atoms with E-state index in [0.29, 0.717) is 12.1 Å². The molecule has 2 heterocycles. The summed E-state index contributed by atoms with van der Waals surface area (Å²) in [5.74, 6) is -1.03. The zero-order chi connectivity index (χ0) is 20.7. The third-order valence-electron chi connectivity index (χ3n) is 5.95. The monoisotopic (exact) mass is 401 g/mol. The van der Waals surface area contributed by atoms with Gasteiger partial charge < -0.3 is 19.1 Å². The third-order valence-corrected chi connectivity index (χ3v) is 5.95. The second kappa shape index (κ2) is 7.78. The van der Waals surface area contributed by atoms with Gasteiger partial charge in [0.15, 0.2) is 0 Å². The van der Waals surface area contributed by atoms with Crippen molar-refractivity contribution >= 4 is 22.6 Å². The molecule has 1 saturated heterocycles. The van der Waals surface area contributed by atoms with E-state index in [-0.39, 0.29) is 29.4 Å². The number of aromatic nitrogens is 1. The van der Waals surface area contributed by atoms with Crippen LogP contribution in [-0.2, 0) is 11.2 Å². The number of carbonyl (C=O) groups excluding carboxylic acids is 1. The lowest BCUT2D eigenvalue weighted by atomic mass is 10.0. The highest BCUT2D eigenvalue weighted by Crippen LogP contribution is 2.40. The van der Waals surface area contributed by atoms with Crippen LogP contribution in [0.4, 0.5) is 10.1 Å². The molecule has 4 rings (SSSR count). The summed E-state index contributed by atoms with van der Waals surface area (Å²) in [6, 6.07) is 1.56. The molecule has 1 saturated carbocycles. The summed E-state index contributed by atoms with van der Waals surface area (Å²) < 4.78 is 22.4. The number of anilines is 1. The summed E-state index contributed by atoms with van der Waals surface area (Å²) in [7, 11) is 2.07. The van der Waals surface area contributed by atoms with Crippen molar-refractivity contribution in [2.24, 2.45) is 0 Å². The number of esters is 1. The number of hydrogen-bond donors (Lipinski definition) is 0. The first-order valence-corrected chi connectivity index (χ1v) is 10.5. The maximum Gasteiger partial charge on any atom is 0.343 e. The zero-order valence-electron chi connectivity index (χ0n) is 17.3. The highest BCUT2D eigenvalue weighted by Gasteiger charge is 2.31. The number of nitrogens with zero attached hydrogens (tertiary/aromatic N) is 3. The molecule has 1 aromatic heterocycles. The zero-order valence-corrected chi connectivity index (χ0v) is 17.3. The number of piperazine rings is 1. The summed E-state index contributed by atoms with van der Waals surface area (Å²) in [6.45, 7) is 7.14. The quantitative estimate of drug-likeness (QED) is 0.721. The summed E-state index contributed by atoms with van der Waals surface area (Å²) in [4.78, 5) is 29.8. The van der Waals surface area contributed by atoms with Crippen LogP contribution in [0.3, 0.4) is 0 Å². The van der Waals surface area contributed by atoms with Gasteiger partial charge in [0.1, 0.15) is 11.4 Å². The fraction of sp³-hybridized carbons (Fsp3) is 0.545.